The topological polar surface area (TPSA) is 70.4 Å². The van der Waals surface area contributed by atoms with Crippen LogP contribution in [0.15, 0.2) is 30.5 Å². The molecule has 1 heterocycles. The molecule has 92 valence electrons. The number of benzene rings is 1. The predicted molar refractivity (Wildman–Crippen MR) is 62.4 cm³/mol. The van der Waals surface area contributed by atoms with Crippen molar-refractivity contribution in [3.05, 3.63) is 52.6 Å². The lowest BCUT2D eigenvalue weighted by Crippen LogP contribution is -2.05. The van der Waals surface area contributed by atoms with Crippen LogP contribution < -0.4 is 0 Å². The fourth-order valence-corrected chi connectivity index (χ4v) is 1.58. The summed E-state index contributed by atoms with van der Waals surface area (Å²) in [7, 11) is 0. The summed E-state index contributed by atoms with van der Waals surface area (Å²) in [6.07, 6.45) is 1.30. The minimum atomic E-state index is -0.840. The SMILES string of the molecule is O=C(c1cc(F)c(Cl)cc1O)c1ncccc1O. The van der Waals surface area contributed by atoms with Gasteiger partial charge in [0.15, 0.2) is 5.69 Å². The molecule has 0 unspecified atom stereocenters. The smallest absolute Gasteiger partial charge is 0.218 e. The number of hydrogen-bond acceptors (Lipinski definition) is 4. The molecule has 0 saturated carbocycles. The average Bonchev–Trinajstić information content (AvgIpc) is 2.33. The zero-order valence-corrected chi connectivity index (χ0v) is 9.65. The van der Waals surface area contributed by atoms with Crippen LogP contribution in [0.25, 0.3) is 0 Å². The van der Waals surface area contributed by atoms with Gasteiger partial charge in [0, 0.05) is 12.3 Å². The van der Waals surface area contributed by atoms with Gasteiger partial charge in [-0.2, -0.15) is 0 Å². The normalized spacial score (nSPS) is 10.3. The number of aromatic hydroxyl groups is 2. The Labute approximate surface area is 106 Å². The first-order valence-electron chi connectivity index (χ1n) is 4.87. The summed E-state index contributed by atoms with van der Waals surface area (Å²) >= 11 is 5.46. The molecular weight excluding hydrogens is 261 g/mol. The molecule has 18 heavy (non-hydrogen) atoms. The van der Waals surface area contributed by atoms with Gasteiger partial charge >= 0.3 is 0 Å². The molecule has 0 radical (unpaired) electrons. The van der Waals surface area contributed by atoms with Crippen molar-refractivity contribution >= 4 is 17.4 Å². The van der Waals surface area contributed by atoms with E-state index in [0.29, 0.717) is 0 Å². The van der Waals surface area contributed by atoms with E-state index in [-0.39, 0.29) is 22.0 Å². The van der Waals surface area contributed by atoms with Crippen molar-refractivity contribution in [2.45, 2.75) is 0 Å². The Hall–Kier alpha value is -2.14. The van der Waals surface area contributed by atoms with Gasteiger partial charge in [-0.3, -0.25) is 4.79 Å². The molecule has 0 bridgehead atoms. The van der Waals surface area contributed by atoms with Crippen LogP contribution in [-0.4, -0.2) is 21.0 Å². The Kier molecular flexibility index (Phi) is 3.16. The first-order valence-corrected chi connectivity index (χ1v) is 5.25. The van der Waals surface area contributed by atoms with E-state index in [4.69, 9.17) is 11.6 Å². The van der Waals surface area contributed by atoms with Crippen molar-refractivity contribution in [1.82, 2.24) is 4.98 Å². The Morgan fingerprint density at radius 2 is 2.00 bits per heavy atom. The van der Waals surface area contributed by atoms with Crippen LogP contribution in [0.4, 0.5) is 4.39 Å². The third-order valence-electron chi connectivity index (χ3n) is 2.28. The number of carbonyl (C=O) groups is 1. The standard InChI is InChI=1S/C12H7ClFNO3/c13-7-5-10(17)6(4-8(7)14)12(18)11-9(16)2-1-3-15-11/h1-5,16-17H. The van der Waals surface area contributed by atoms with Gasteiger partial charge in [-0.15, -0.1) is 0 Å². The summed E-state index contributed by atoms with van der Waals surface area (Å²) in [5.41, 5.74) is -0.583. The monoisotopic (exact) mass is 267 g/mol. The number of ketones is 1. The molecule has 0 spiro atoms. The van der Waals surface area contributed by atoms with Gasteiger partial charge in [0.1, 0.15) is 17.3 Å². The van der Waals surface area contributed by atoms with Crippen molar-refractivity contribution in [3.63, 3.8) is 0 Å². The lowest BCUT2D eigenvalue weighted by atomic mass is 10.1. The maximum atomic E-state index is 13.3. The van der Waals surface area contributed by atoms with Crippen molar-refractivity contribution in [2.24, 2.45) is 0 Å². The van der Waals surface area contributed by atoms with Gasteiger partial charge in [-0.05, 0) is 18.2 Å². The lowest BCUT2D eigenvalue weighted by Gasteiger charge is -2.05. The van der Waals surface area contributed by atoms with E-state index in [1.54, 1.807) is 0 Å². The van der Waals surface area contributed by atoms with Gasteiger partial charge in [0.25, 0.3) is 0 Å². The third kappa shape index (κ3) is 2.12. The summed E-state index contributed by atoms with van der Waals surface area (Å²) in [6.45, 7) is 0. The molecule has 1 aromatic heterocycles. The molecule has 2 N–H and O–H groups in total. The van der Waals surface area contributed by atoms with E-state index < -0.39 is 17.3 Å². The maximum absolute atomic E-state index is 13.3. The number of pyridine rings is 1. The van der Waals surface area contributed by atoms with Gasteiger partial charge in [0.2, 0.25) is 5.78 Å². The average molecular weight is 268 g/mol. The minimum Gasteiger partial charge on any atom is -0.507 e. The number of aromatic nitrogens is 1. The predicted octanol–water partition coefficient (Wildman–Crippen LogP) is 2.52. The number of phenols is 1. The van der Waals surface area contributed by atoms with E-state index in [0.717, 1.165) is 12.1 Å². The van der Waals surface area contributed by atoms with Gasteiger partial charge in [-0.1, -0.05) is 11.6 Å². The molecule has 0 saturated heterocycles. The second-order valence-corrected chi connectivity index (χ2v) is 3.89. The molecular formula is C12H7ClFNO3. The molecule has 2 rings (SSSR count). The highest BCUT2D eigenvalue weighted by Gasteiger charge is 2.20. The molecule has 0 fully saturated rings. The fourth-order valence-electron chi connectivity index (χ4n) is 1.42. The van der Waals surface area contributed by atoms with Crippen LogP contribution in [0, 0.1) is 5.82 Å². The molecule has 0 amide bonds. The zero-order chi connectivity index (χ0) is 13.3. The highest BCUT2D eigenvalue weighted by molar-refractivity contribution is 6.31. The second-order valence-electron chi connectivity index (χ2n) is 3.48. The number of nitrogens with zero attached hydrogens (tertiary/aromatic N) is 1. The van der Waals surface area contributed by atoms with E-state index in [1.165, 1.54) is 18.3 Å². The van der Waals surface area contributed by atoms with Gasteiger partial charge < -0.3 is 10.2 Å². The second kappa shape index (κ2) is 4.62. The van der Waals surface area contributed by atoms with Crippen molar-refractivity contribution in [3.8, 4) is 11.5 Å². The highest BCUT2D eigenvalue weighted by atomic mass is 35.5. The number of halogens is 2. The molecule has 6 heteroatoms. The third-order valence-corrected chi connectivity index (χ3v) is 2.57. The molecule has 1 aromatic carbocycles. The number of carbonyl (C=O) groups excluding carboxylic acids is 1. The van der Waals surface area contributed by atoms with Crippen LogP contribution in [0.2, 0.25) is 5.02 Å². The molecule has 0 aliphatic carbocycles. The zero-order valence-electron chi connectivity index (χ0n) is 8.89. The van der Waals surface area contributed by atoms with Crippen LogP contribution >= 0.6 is 11.6 Å². The first-order chi connectivity index (χ1) is 8.50. The van der Waals surface area contributed by atoms with Gasteiger partial charge in [0.05, 0.1) is 10.6 Å². The summed E-state index contributed by atoms with van der Waals surface area (Å²) in [6, 6.07) is 4.43. The molecule has 0 atom stereocenters. The van der Waals surface area contributed by atoms with Crippen LogP contribution in [0.5, 0.6) is 11.5 Å². The summed E-state index contributed by atoms with van der Waals surface area (Å²) in [4.78, 5) is 15.6. The quantitative estimate of drug-likeness (QED) is 0.820. The number of rotatable bonds is 2. The Morgan fingerprint density at radius 1 is 1.28 bits per heavy atom. The number of phenolic OH excluding ortho intramolecular Hbond substituents is 1. The van der Waals surface area contributed by atoms with E-state index in [9.17, 15) is 19.4 Å². The van der Waals surface area contributed by atoms with Crippen LogP contribution in [0.3, 0.4) is 0 Å². The Balaban J connectivity index is 2.53. The fraction of sp³-hybridized carbons (Fsp3) is 0. The Morgan fingerprint density at radius 3 is 2.67 bits per heavy atom. The van der Waals surface area contributed by atoms with Crippen LogP contribution in [-0.2, 0) is 0 Å². The van der Waals surface area contributed by atoms with Crippen molar-refractivity contribution < 1.29 is 19.4 Å². The molecule has 4 nitrogen and oxygen atoms in total. The minimum absolute atomic E-state index is 0.269. The molecule has 0 aliphatic heterocycles. The van der Waals surface area contributed by atoms with Crippen molar-refractivity contribution in [2.75, 3.05) is 0 Å². The van der Waals surface area contributed by atoms with Crippen molar-refractivity contribution in [1.29, 1.82) is 0 Å². The summed E-state index contributed by atoms with van der Waals surface area (Å²) in [5.74, 6) is -2.46. The largest absolute Gasteiger partial charge is 0.507 e. The van der Waals surface area contributed by atoms with E-state index >= 15 is 0 Å². The highest BCUT2D eigenvalue weighted by Crippen LogP contribution is 2.28. The number of hydrogen-bond donors (Lipinski definition) is 2. The first kappa shape index (κ1) is 12.3. The molecule has 0 aliphatic rings. The summed E-state index contributed by atoms with van der Waals surface area (Å²) in [5, 5.41) is 18.7. The van der Waals surface area contributed by atoms with E-state index in [2.05, 4.69) is 4.98 Å². The van der Waals surface area contributed by atoms with E-state index in [1.807, 2.05) is 0 Å². The summed E-state index contributed by atoms with van der Waals surface area (Å²) < 4.78 is 13.3. The Bertz CT molecular complexity index is 631. The lowest BCUT2D eigenvalue weighted by molar-refractivity contribution is 0.102. The van der Waals surface area contributed by atoms with Gasteiger partial charge in [-0.25, -0.2) is 9.37 Å². The molecule has 2 aromatic rings. The maximum Gasteiger partial charge on any atom is 0.218 e. The van der Waals surface area contributed by atoms with Crippen LogP contribution in [0.1, 0.15) is 16.1 Å².